The Morgan fingerprint density at radius 2 is 1.92 bits per heavy atom. The number of hydrogen-bond acceptors (Lipinski definition) is 2. The third-order valence-corrected chi connectivity index (χ3v) is 4.18. The van der Waals surface area contributed by atoms with Gasteiger partial charge in [0.1, 0.15) is 11.6 Å². The lowest BCUT2D eigenvalue weighted by atomic mass is 10.2. The zero-order chi connectivity index (χ0) is 17.8. The SMILES string of the molecule is O=C1CCCN1c1cc(NC(=S)NCc2ccc(F)cc2)ccc1F. The van der Waals surface area contributed by atoms with Gasteiger partial charge in [-0.3, -0.25) is 4.79 Å². The average Bonchev–Trinajstić information content (AvgIpc) is 3.02. The number of hydrogen-bond donors (Lipinski definition) is 2. The minimum atomic E-state index is -0.439. The van der Waals surface area contributed by atoms with Gasteiger partial charge in [-0.05, 0) is 54.5 Å². The van der Waals surface area contributed by atoms with E-state index in [1.807, 2.05) is 0 Å². The molecule has 0 bridgehead atoms. The van der Waals surface area contributed by atoms with E-state index in [2.05, 4.69) is 10.6 Å². The van der Waals surface area contributed by atoms with Crippen LogP contribution in [0.4, 0.5) is 20.2 Å². The molecule has 2 aromatic carbocycles. The quantitative estimate of drug-likeness (QED) is 0.817. The van der Waals surface area contributed by atoms with Gasteiger partial charge < -0.3 is 15.5 Å². The number of carbonyl (C=O) groups excluding carboxylic acids is 1. The average molecular weight is 361 g/mol. The maximum absolute atomic E-state index is 14.0. The molecular formula is C18H17F2N3OS. The molecule has 7 heteroatoms. The molecule has 0 aliphatic carbocycles. The van der Waals surface area contributed by atoms with Gasteiger partial charge in [0, 0.05) is 25.2 Å². The van der Waals surface area contributed by atoms with Crippen LogP contribution in [0.2, 0.25) is 0 Å². The minimum absolute atomic E-state index is 0.0759. The molecule has 3 rings (SSSR count). The van der Waals surface area contributed by atoms with E-state index < -0.39 is 5.82 Å². The van der Waals surface area contributed by atoms with Crippen LogP contribution in [0.25, 0.3) is 0 Å². The standard InChI is InChI=1S/C18H17F2N3OS/c19-13-5-3-12(4-6-13)11-21-18(25)22-14-7-8-15(20)16(10-14)23-9-1-2-17(23)24/h3-8,10H,1-2,9,11H2,(H2,21,22,25). The number of halogens is 2. The van der Waals surface area contributed by atoms with Gasteiger partial charge >= 0.3 is 0 Å². The predicted octanol–water partition coefficient (Wildman–Crippen LogP) is 3.58. The van der Waals surface area contributed by atoms with Gasteiger partial charge in [-0.25, -0.2) is 8.78 Å². The molecule has 1 aliphatic rings. The van der Waals surface area contributed by atoms with Crippen molar-refractivity contribution in [3.8, 4) is 0 Å². The number of anilines is 2. The summed E-state index contributed by atoms with van der Waals surface area (Å²) < 4.78 is 26.9. The minimum Gasteiger partial charge on any atom is -0.358 e. The summed E-state index contributed by atoms with van der Waals surface area (Å²) in [7, 11) is 0. The van der Waals surface area contributed by atoms with Crippen LogP contribution in [0.3, 0.4) is 0 Å². The number of benzene rings is 2. The van der Waals surface area contributed by atoms with Crippen molar-refractivity contribution in [3.05, 3.63) is 59.7 Å². The Morgan fingerprint density at radius 3 is 2.60 bits per heavy atom. The van der Waals surface area contributed by atoms with Crippen LogP contribution in [0.15, 0.2) is 42.5 Å². The zero-order valence-electron chi connectivity index (χ0n) is 13.4. The molecule has 4 nitrogen and oxygen atoms in total. The van der Waals surface area contributed by atoms with E-state index in [-0.39, 0.29) is 17.4 Å². The Bertz CT molecular complexity index is 795. The highest BCUT2D eigenvalue weighted by atomic mass is 32.1. The van der Waals surface area contributed by atoms with Crippen molar-refractivity contribution in [1.29, 1.82) is 0 Å². The number of amides is 1. The second-order valence-corrected chi connectivity index (χ2v) is 6.16. The molecular weight excluding hydrogens is 344 g/mol. The fourth-order valence-corrected chi connectivity index (χ4v) is 2.85. The fraction of sp³-hybridized carbons (Fsp3) is 0.222. The maximum atomic E-state index is 14.0. The lowest BCUT2D eigenvalue weighted by Gasteiger charge is -2.18. The largest absolute Gasteiger partial charge is 0.358 e. The van der Waals surface area contributed by atoms with Crippen molar-refractivity contribution in [2.45, 2.75) is 19.4 Å². The molecule has 1 fully saturated rings. The van der Waals surface area contributed by atoms with Crippen molar-refractivity contribution >= 4 is 34.6 Å². The first kappa shape index (κ1) is 17.3. The Morgan fingerprint density at radius 1 is 1.16 bits per heavy atom. The molecule has 1 heterocycles. The van der Waals surface area contributed by atoms with Crippen LogP contribution in [-0.4, -0.2) is 17.6 Å². The highest BCUT2D eigenvalue weighted by Gasteiger charge is 2.24. The smallest absolute Gasteiger partial charge is 0.227 e. The van der Waals surface area contributed by atoms with Crippen molar-refractivity contribution in [3.63, 3.8) is 0 Å². The number of thiocarbonyl (C=S) groups is 1. The summed E-state index contributed by atoms with van der Waals surface area (Å²) >= 11 is 5.22. The predicted molar refractivity (Wildman–Crippen MR) is 97.4 cm³/mol. The Hall–Kier alpha value is -2.54. The van der Waals surface area contributed by atoms with Gasteiger partial charge in [-0.15, -0.1) is 0 Å². The Balaban J connectivity index is 1.63. The molecule has 1 amide bonds. The molecule has 2 N–H and O–H groups in total. The van der Waals surface area contributed by atoms with Gasteiger partial charge in [-0.1, -0.05) is 12.1 Å². The van der Waals surface area contributed by atoms with E-state index in [9.17, 15) is 13.6 Å². The highest BCUT2D eigenvalue weighted by Crippen LogP contribution is 2.27. The van der Waals surface area contributed by atoms with Crippen LogP contribution < -0.4 is 15.5 Å². The van der Waals surface area contributed by atoms with Gasteiger partial charge in [0.15, 0.2) is 5.11 Å². The number of nitrogens with zero attached hydrogens (tertiary/aromatic N) is 1. The summed E-state index contributed by atoms with van der Waals surface area (Å²) in [6.45, 7) is 0.956. The van der Waals surface area contributed by atoms with Gasteiger partial charge in [0.05, 0.1) is 5.69 Å². The van der Waals surface area contributed by atoms with Crippen molar-refractivity contribution in [1.82, 2.24) is 5.32 Å². The first-order valence-electron chi connectivity index (χ1n) is 7.92. The molecule has 0 atom stereocenters. The molecule has 2 aromatic rings. The summed E-state index contributed by atoms with van der Waals surface area (Å²) in [6, 6.07) is 10.5. The van der Waals surface area contributed by atoms with E-state index in [0.717, 1.165) is 12.0 Å². The molecule has 0 radical (unpaired) electrons. The summed E-state index contributed by atoms with van der Waals surface area (Å²) in [5.74, 6) is -0.807. The summed E-state index contributed by atoms with van der Waals surface area (Å²) in [5, 5.41) is 6.33. The van der Waals surface area contributed by atoms with E-state index in [0.29, 0.717) is 30.3 Å². The summed E-state index contributed by atoms with van der Waals surface area (Å²) in [5.41, 5.74) is 1.73. The topological polar surface area (TPSA) is 44.4 Å². The van der Waals surface area contributed by atoms with Crippen LogP contribution in [0.1, 0.15) is 18.4 Å². The third kappa shape index (κ3) is 4.30. The first-order valence-corrected chi connectivity index (χ1v) is 8.33. The summed E-state index contributed by atoms with van der Waals surface area (Å²) in [6.07, 6.45) is 1.17. The number of carbonyl (C=O) groups is 1. The van der Waals surface area contributed by atoms with E-state index >= 15 is 0 Å². The lowest BCUT2D eigenvalue weighted by Crippen LogP contribution is -2.28. The molecule has 0 saturated carbocycles. The molecule has 130 valence electrons. The summed E-state index contributed by atoms with van der Waals surface area (Å²) in [4.78, 5) is 13.3. The van der Waals surface area contributed by atoms with Crippen LogP contribution >= 0.6 is 12.2 Å². The third-order valence-electron chi connectivity index (χ3n) is 3.93. The Labute approximate surface area is 149 Å². The molecule has 0 spiro atoms. The van der Waals surface area contributed by atoms with Crippen molar-refractivity contribution in [2.24, 2.45) is 0 Å². The molecule has 1 saturated heterocycles. The molecule has 1 aliphatic heterocycles. The van der Waals surface area contributed by atoms with E-state index in [4.69, 9.17) is 12.2 Å². The van der Waals surface area contributed by atoms with Crippen LogP contribution in [-0.2, 0) is 11.3 Å². The first-order chi connectivity index (χ1) is 12.0. The molecule has 25 heavy (non-hydrogen) atoms. The van der Waals surface area contributed by atoms with Crippen LogP contribution in [0, 0.1) is 11.6 Å². The number of nitrogens with one attached hydrogen (secondary N) is 2. The lowest BCUT2D eigenvalue weighted by molar-refractivity contribution is -0.117. The second-order valence-electron chi connectivity index (χ2n) is 5.75. The Kier molecular flexibility index (Phi) is 5.23. The molecule has 0 unspecified atom stereocenters. The number of rotatable bonds is 4. The van der Waals surface area contributed by atoms with Crippen molar-refractivity contribution < 1.29 is 13.6 Å². The van der Waals surface area contributed by atoms with Gasteiger partial charge in [0.2, 0.25) is 5.91 Å². The van der Waals surface area contributed by atoms with Crippen LogP contribution in [0.5, 0.6) is 0 Å². The monoisotopic (exact) mass is 361 g/mol. The fourth-order valence-electron chi connectivity index (χ4n) is 2.66. The zero-order valence-corrected chi connectivity index (χ0v) is 14.2. The second kappa shape index (κ2) is 7.57. The van der Waals surface area contributed by atoms with E-state index in [1.54, 1.807) is 24.3 Å². The van der Waals surface area contributed by atoms with Gasteiger partial charge in [-0.2, -0.15) is 0 Å². The van der Waals surface area contributed by atoms with Gasteiger partial charge in [0.25, 0.3) is 0 Å². The normalized spacial score (nSPS) is 13.8. The maximum Gasteiger partial charge on any atom is 0.227 e. The van der Waals surface area contributed by atoms with Crippen molar-refractivity contribution in [2.75, 3.05) is 16.8 Å². The molecule has 0 aromatic heterocycles. The highest BCUT2D eigenvalue weighted by molar-refractivity contribution is 7.80. The van der Waals surface area contributed by atoms with E-state index in [1.165, 1.54) is 23.1 Å².